The van der Waals surface area contributed by atoms with Gasteiger partial charge in [-0.15, -0.1) is 0 Å². The molecule has 2 aromatic heterocycles. The Morgan fingerprint density at radius 2 is 1.97 bits per heavy atom. The zero-order valence-corrected chi connectivity index (χ0v) is 17.0. The molecule has 8 nitrogen and oxygen atoms in total. The number of ketones is 1. The summed E-state index contributed by atoms with van der Waals surface area (Å²) < 4.78 is 15.9. The number of aromatic nitrogens is 1. The van der Waals surface area contributed by atoms with E-state index < -0.39 is 23.5 Å². The van der Waals surface area contributed by atoms with E-state index in [1.54, 1.807) is 36.7 Å². The van der Waals surface area contributed by atoms with Crippen molar-refractivity contribution in [3.8, 4) is 11.5 Å². The van der Waals surface area contributed by atoms with Crippen LogP contribution in [0.2, 0.25) is 0 Å². The molecule has 1 amide bonds. The number of aromatic amines is 1. The fourth-order valence-electron chi connectivity index (χ4n) is 3.68. The minimum absolute atomic E-state index is 0.0368. The van der Waals surface area contributed by atoms with Crippen molar-refractivity contribution >= 4 is 11.7 Å². The summed E-state index contributed by atoms with van der Waals surface area (Å²) in [6, 6.07) is 11.0. The number of aliphatic hydroxyl groups excluding tert-OH is 1. The average molecular weight is 421 g/mol. The molecule has 3 heterocycles. The molecule has 1 unspecified atom stereocenters. The largest absolute Gasteiger partial charge is 0.503 e. The number of ether oxygens (including phenoxy) is 2. The Morgan fingerprint density at radius 3 is 2.61 bits per heavy atom. The number of rotatable bonds is 7. The maximum atomic E-state index is 13.2. The van der Waals surface area contributed by atoms with Crippen molar-refractivity contribution in [2.24, 2.45) is 0 Å². The Morgan fingerprint density at radius 1 is 1.16 bits per heavy atom. The molecule has 0 aliphatic carbocycles. The molecular formula is C23H21N2O6+. The number of pyridine rings is 1. The van der Waals surface area contributed by atoms with Gasteiger partial charge in [0.25, 0.3) is 5.91 Å². The average Bonchev–Trinajstić information content (AvgIpc) is 3.42. The van der Waals surface area contributed by atoms with Crippen LogP contribution in [-0.2, 0) is 11.3 Å². The van der Waals surface area contributed by atoms with Gasteiger partial charge in [0.1, 0.15) is 0 Å². The van der Waals surface area contributed by atoms with Gasteiger partial charge < -0.3 is 23.9 Å². The first-order valence-electron chi connectivity index (χ1n) is 9.54. The number of amides is 1. The maximum absolute atomic E-state index is 13.2. The lowest BCUT2D eigenvalue weighted by Gasteiger charge is -2.26. The van der Waals surface area contributed by atoms with E-state index in [-0.39, 0.29) is 17.9 Å². The third-order valence-electron chi connectivity index (χ3n) is 5.14. The molecule has 0 spiro atoms. The van der Waals surface area contributed by atoms with Crippen LogP contribution in [-0.4, -0.2) is 35.9 Å². The van der Waals surface area contributed by atoms with E-state index in [0.29, 0.717) is 17.1 Å². The number of nitrogens with zero attached hydrogens (tertiary/aromatic N) is 1. The van der Waals surface area contributed by atoms with Crippen LogP contribution in [0.25, 0.3) is 0 Å². The van der Waals surface area contributed by atoms with Gasteiger partial charge in [0.05, 0.1) is 38.6 Å². The molecule has 1 aliphatic rings. The molecule has 4 rings (SSSR count). The number of nitrogens with one attached hydrogen (secondary N) is 1. The number of carbonyl (C=O) groups is 2. The summed E-state index contributed by atoms with van der Waals surface area (Å²) in [6.45, 7) is 0.175. The fourth-order valence-corrected chi connectivity index (χ4v) is 3.68. The van der Waals surface area contributed by atoms with E-state index in [1.165, 1.54) is 31.4 Å². The van der Waals surface area contributed by atoms with Crippen molar-refractivity contribution in [3.63, 3.8) is 0 Å². The lowest BCUT2D eigenvalue weighted by Crippen LogP contribution is -2.31. The summed E-state index contributed by atoms with van der Waals surface area (Å²) in [4.78, 5) is 30.6. The SMILES string of the molecule is COc1ccc(C2C(C(=O)c3ccco3)=C(O)C(=O)N2Cc2ccc[nH+]c2)cc1OC. The summed E-state index contributed by atoms with van der Waals surface area (Å²) in [5, 5.41) is 10.7. The van der Waals surface area contributed by atoms with Crippen molar-refractivity contribution in [1.29, 1.82) is 0 Å². The molecule has 0 fully saturated rings. The second-order valence-electron chi connectivity index (χ2n) is 6.93. The first-order valence-corrected chi connectivity index (χ1v) is 9.54. The van der Waals surface area contributed by atoms with Gasteiger partial charge in [0.15, 0.2) is 35.4 Å². The molecule has 2 N–H and O–H groups in total. The second-order valence-corrected chi connectivity index (χ2v) is 6.93. The number of methoxy groups -OCH3 is 2. The summed E-state index contributed by atoms with van der Waals surface area (Å²) in [7, 11) is 3.02. The maximum Gasteiger partial charge on any atom is 0.290 e. The van der Waals surface area contributed by atoms with E-state index in [2.05, 4.69) is 4.98 Å². The van der Waals surface area contributed by atoms with Crippen LogP contribution in [0.3, 0.4) is 0 Å². The smallest absolute Gasteiger partial charge is 0.290 e. The van der Waals surface area contributed by atoms with Gasteiger partial charge in [0.2, 0.25) is 5.78 Å². The Balaban J connectivity index is 1.83. The number of H-pyrrole nitrogens is 1. The van der Waals surface area contributed by atoms with Crippen LogP contribution >= 0.6 is 0 Å². The van der Waals surface area contributed by atoms with Crippen molar-refractivity contribution in [2.75, 3.05) is 14.2 Å². The molecule has 31 heavy (non-hydrogen) atoms. The molecule has 1 atom stereocenters. The Kier molecular flexibility index (Phi) is 5.44. The van der Waals surface area contributed by atoms with Crippen molar-refractivity contribution in [3.05, 3.63) is 89.3 Å². The third kappa shape index (κ3) is 3.63. The highest BCUT2D eigenvalue weighted by Crippen LogP contribution is 2.42. The predicted molar refractivity (Wildman–Crippen MR) is 109 cm³/mol. The normalized spacial score (nSPS) is 16.0. The highest BCUT2D eigenvalue weighted by Gasteiger charge is 2.44. The molecule has 3 aromatic rings. The topological polar surface area (TPSA) is 103 Å². The first kappa shape index (κ1) is 20.2. The van der Waals surface area contributed by atoms with Gasteiger partial charge in [-0.2, -0.15) is 0 Å². The molecule has 0 saturated carbocycles. The first-order chi connectivity index (χ1) is 15.0. The van der Waals surface area contributed by atoms with Gasteiger partial charge in [-0.3, -0.25) is 9.59 Å². The van der Waals surface area contributed by atoms with Crippen molar-refractivity contribution in [2.45, 2.75) is 12.6 Å². The highest BCUT2D eigenvalue weighted by atomic mass is 16.5. The molecule has 0 saturated heterocycles. The van der Waals surface area contributed by atoms with Crippen LogP contribution in [0.15, 0.2) is 76.9 Å². The Hall–Kier alpha value is -4.07. The number of furan rings is 1. The zero-order chi connectivity index (χ0) is 22.0. The van der Waals surface area contributed by atoms with E-state index in [9.17, 15) is 14.7 Å². The summed E-state index contributed by atoms with van der Waals surface area (Å²) >= 11 is 0. The van der Waals surface area contributed by atoms with E-state index in [1.807, 2.05) is 12.1 Å². The number of hydrogen-bond acceptors (Lipinski definition) is 6. The van der Waals surface area contributed by atoms with Crippen LogP contribution < -0.4 is 14.5 Å². The second kappa shape index (κ2) is 8.35. The molecule has 8 heteroatoms. The van der Waals surface area contributed by atoms with Gasteiger partial charge in [-0.25, -0.2) is 4.98 Å². The number of Topliss-reactive ketones (excluding diaryl/α,β-unsaturated/α-hetero) is 1. The zero-order valence-electron chi connectivity index (χ0n) is 17.0. The molecular weight excluding hydrogens is 400 g/mol. The molecule has 0 bridgehead atoms. The van der Waals surface area contributed by atoms with Crippen molar-refractivity contribution < 1.29 is 33.6 Å². The Labute approximate surface area is 178 Å². The van der Waals surface area contributed by atoms with E-state index >= 15 is 0 Å². The lowest BCUT2D eigenvalue weighted by atomic mass is 9.94. The molecule has 1 aliphatic heterocycles. The quantitative estimate of drug-likeness (QED) is 0.589. The minimum Gasteiger partial charge on any atom is -0.503 e. The van der Waals surface area contributed by atoms with Gasteiger partial charge in [-0.1, -0.05) is 6.07 Å². The summed E-state index contributed by atoms with van der Waals surface area (Å²) in [5.41, 5.74) is 1.35. The summed E-state index contributed by atoms with van der Waals surface area (Å²) in [5.74, 6) is -0.810. The lowest BCUT2D eigenvalue weighted by molar-refractivity contribution is -0.378. The standard InChI is InChI=1S/C23H20N2O6/c1-29-16-8-7-15(11-18(16)30-2)20-19(21(26)17-6-4-10-31-17)22(27)23(28)25(20)13-14-5-3-9-24-12-14/h3-12,20,27H,13H2,1-2H3/p+1. The van der Waals surface area contributed by atoms with Crippen LogP contribution in [0.4, 0.5) is 0 Å². The molecule has 158 valence electrons. The minimum atomic E-state index is -0.842. The predicted octanol–water partition coefficient (Wildman–Crippen LogP) is 2.89. The fraction of sp³-hybridized carbons (Fsp3) is 0.174. The van der Waals surface area contributed by atoms with Crippen LogP contribution in [0, 0.1) is 0 Å². The number of benzene rings is 1. The van der Waals surface area contributed by atoms with Gasteiger partial charge in [-0.05, 0) is 35.9 Å². The van der Waals surface area contributed by atoms with Gasteiger partial charge >= 0.3 is 0 Å². The number of hydrogen-bond donors (Lipinski definition) is 1. The van der Waals surface area contributed by atoms with E-state index in [0.717, 1.165) is 5.56 Å². The third-order valence-corrected chi connectivity index (χ3v) is 5.14. The number of carbonyl (C=O) groups excluding carboxylic acids is 2. The van der Waals surface area contributed by atoms with Crippen molar-refractivity contribution in [1.82, 2.24) is 4.90 Å². The van der Waals surface area contributed by atoms with E-state index in [4.69, 9.17) is 13.9 Å². The monoisotopic (exact) mass is 421 g/mol. The summed E-state index contributed by atoms with van der Waals surface area (Å²) in [6.07, 6.45) is 4.87. The molecule has 1 aromatic carbocycles. The molecule has 0 radical (unpaired) electrons. The van der Waals surface area contributed by atoms with Crippen LogP contribution in [0.1, 0.15) is 27.7 Å². The van der Waals surface area contributed by atoms with Gasteiger partial charge in [0, 0.05) is 11.6 Å². The van der Waals surface area contributed by atoms with Crippen LogP contribution in [0.5, 0.6) is 11.5 Å². The Bertz CT molecular complexity index is 1140. The highest BCUT2D eigenvalue weighted by molar-refractivity contribution is 6.15. The number of aliphatic hydroxyl groups is 1.